The number of nitrogens with one attached hydrogen (secondary N) is 1. The number of Topliss-reactive ketones (excluding diaryl/α,β-unsaturated/α-hetero) is 1. The fraction of sp³-hybridized carbons (Fsp3) is 0.533. The zero-order valence-corrected chi connectivity index (χ0v) is 11.8. The quantitative estimate of drug-likeness (QED) is 0.843. The number of morpholine rings is 1. The van der Waals surface area contributed by atoms with Crippen LogP contribution in [0.25, 0.3) is 0 Å². The standard InChI is InChI=1S/C15H21NO3/c1-10-4-5-13(15(18-3)11(10)2)14(17)8-12-9-16-6-7-19-12/h4-5,12,16H,6-9H2,1-3H3. The van der Waals surface area contributed by atoms with E-state index in [0.717, 1.165) is 24.2 Å². The predicted molar refractivity (Wildman–Crippen MR) is 74.0 cm³/mol. The van der Waals surface area contributed by atoms with Crippen LogP contribution in [-0.2, 0) is 4.74 Å². The fourth-order valence-electron chi connectivity index (χ4n) is 2.34. The molecule has 1 fully saturated rings. The van der Waals surface area contributed by atoms with E-state index in [4.69, 9.17) is 9.47 Å². The van der Waals surface area contributed by atoms with E-state index in [2.05, 4.69) is 5.32 Å². The van der Waals surface area contributed by atoms with Crippen molar-refractivity contribution in [3.63, 3.8) is 0 Å². The van der Waals surface area contributed by atoms with E-state index >= 15 is 0 Å². The van der Waals surface area contributed by atoms with Crippen LogP contribution < -0.4 is 10.1 Å². The topological polar surface area (TPSA) is 47.6 Å². The molecule has 1 atom stereocenters. The molecular weight excluding hydrogens is 242 g/mol. The molecule has 0 aromatic heterocycles. The van der Waals surface area contributed by atoms with Crippen molar-refractivity contribution in [1.29, 1.82) is 0 Å². The molecule has 0 aliphatic carbocycles. The summed E-state index contributed by atoms with van der Waals surface area (Å²) in [5.41, 5.74) is 2.81. The van der Waals surface area contributed by atoms with Crippen LogP contribution >= 0.6 is 0 Å². The number of benzene rings is 1. The zero-order valence-electron chi connectivity index (χ0n) is 11.8. The van der Waals surface area contributed by atoms with Gasteiger partial charge in [0.05, 0.1) is 25.4 Å². The van der Waals surface area contributed by atoms with Crippen molar-refractivity contribution >= 4 is 5.78 Å². The highest BCUT2D eigenvalue weighted by molar-refractivity contribution is 5.99. The Balaban J connectivity index is 2.16. The number of ketones is 1. The lowest BCUT2D eigenvalue weighted by atomic mass is 9.98. The first-order chi connectivity index (χ1) is 9.13. The molecule has 1 unspecified atom stereocenters. The summed E-state index contributed by atoms with van der Waals surface area (Å²) in [5, 5.41) is 3.23. The molecule has 0 spiro atoms. The van der Waals surface area contributed by atoms with E-state index in [0.29, 0.717) is 24.3 Å². The van der Waals surface area contributed by atoms with Crippen molar-refractivity contribution in [2.24, 2.45) is 0 Å². The summed E-state index contributed by atoms with van der Waals surface area (Å²) in [7, 11) is 1.61. The first-order valence-corrected chi connectivity index (χ1v) is 6.63. The van der Waals surface area contributed by atoms with Crippen molar-refractivity contribution in [2.75, 3.05) is 26.8 Å². The van der Waals surface area contributed by atoms with Crippen LogP contribution in [0.1, 0.15) is 27.9 Å². The first kappa shape index (κ1) is 14.0. The number of ether oxygens (including phenoxy) is 2. The van der Waals surface area contributed by atoms with E-state index < -0.39 is 0 Å². The largest absolute Gasteiger partial charge is 0.496 e. The number of rotatable bonds is 4. The summed E-state index contributed by atoms with van der Waals surface area (Å²) >= 11 is 0. The SMILES string of the molecule is COc1c(C(=O)CC2CNCCO2)ccc(C)c1C. The summed E-state index contributed by atoms with van der Waals surface area (Å²) in [5.74, 6) is 0.766. The van der Waals surface area contributed by atoms with Crippen LogP contribution in [0.15, 0.2) is 12.1 Å². The summed E-state index contributed by atoms with van der Waals surface area (Å²) in [6.45, 7) is 6.25. The highest BCUT2D eigenvalue weighted by atomic mass is 16.5. The smallest absolute Gasteiger partial charge is 0.169 e. The maximum absolute atomic E-state index is 12.4. The molecule has 0 radical (unpaired) electrons. The van der Waals surface area contributed by atoms with Crippen molar-refractivity contribution in [2.45, 2.75) is 26.4 Å². The van der Waals surface area contributed by atoms with Gasteiger partial charge in [-0.3, -0.25) is 4.79 Å². The molecule has 104 valence electrons. The Bertz CT molecular complexity index is 465. The number of methoxy groups -OCH3 is 1. The second-order valence-electron chi connectivity index (χ2n) is 4.91. The molecule has 0 bridgehead atoms. The lowest BCUT2D eigenvalue weighted by molar-refractivity contribution is 0.0239. The highest BCUT2D eigenvalue weighted by Gasteiger charge is 2.21. The van der Waals surface area contributed by atoms with Gasteiger partial charge in [0.15, 0.2) is 5.78 Å². The molecule has 4 heteroatoms. The summed E-state index contributed by atoms with van der Waals surface area (Å²) in [4.78, 5) is 12.4. The minimum atomic E-state index is -0.0347. The molecule has 0 amide bonds. The summed E-state index contributed by atoms with van der Waals surface area (Å²) in [6, 6.07) is 3.81. The molecule has 4 nitrogen and oxygen atoms in total. The third-order valence-corrected chi connectivity index (χ3v) is 3.60. The molecule has 19 heavy (non-hydrogen) atoms. The van der Waals surface area contributed by atoms with Gasteiger partial charge in [0.2, 0.25) is 0 Å². The Hall–Kier alpha value is -1.39. The molecule has 1 saturated heterocycles. The number of carbonyl (C=O) groups excluding carboxylic acids is 1. The van der Waals surface area contributed by atoms with Crippen molar-refractivity contribution in [3.05, 3.63) is 28.8 Å². The van der Waals surface area contributed by atoms with Gasteiger partial charge >= 0.3 is 0 Å². The molecule has 2 rings (SSSR count). The number of carbonyl (C=O) groups is 1. The van der Waals surface area contributed by atoms with Crippen LogP contribution in [0.2, 0.25) is 0 Å². The fourth-order valence-corrected chi connectivity index (χ4v) is 2.34. The summed E-state index contributed by atoms with van der Waals surface area (Å²) < 4.78 is 11.0. The Morgan fingerprint density at radius 2 is 2.26 bits per heavy atom. The molecule has 0 saturated carbocycles. The van der Waals surface area contributed by atoms with Crippen LogP contribution in [-0.4, -0.2) is 38.7 Å². The van der Waals surface area contributed by atoms with E-state index in [1.165, 1.54) is 0 Å². The Kier molecular flexibility index (Phi) is 4.56. The molecule has 1 aromatic rings. The molecule has 1 heterocycles. The minimum Gasteiger partial charge on any atom is -0.496 e. The highest BCUT2D eigenvalue weighted by Crippen LogP contribution is 2.27. The average molecular weight is 263 g/mol. The maximum atomic E-state index is 12.4. The monoisotopic (exact) mass is 263 g/mol. The van der Waals surface area contributed by atoms with E-state index in [9.17, 15) is 4.79 Å². The van der Waals surface area contributed by atoms with Gasteiger partial charge in [0.1, 0.15) is 5.75 Å². The van der Waals surface area contributed by atoms with Crippen LogP contribution in [0.4, 0.5) is 0 Å². The lowest BCUT2D eigenvalue weighted by Gasteiger charge is -2.23. The maximum Gasteiger partial charge on any atom is 0.169 e. The van der Waals surface area contributed by atoms with Crippen molar-refractivity contribution in [3.8, 4) is 5.75 Å². The lowest BCUT2D eigenvalue weighted by Crippen LogP contribution is -2.39. The Morgan fingerprint density at radius 1 is 1.47 bits per heavy atom. The average Bonchev–Trinajstić information content (AvgIpc) is 2.42. The van der Waals surface area contributed by atoms with E-state index in [-0.39, 0.29) is 11.9 Å². The number of aryl methyl sites for hydroxylation is 1. The first-order valence-electron chi connectivity index (χ1n) is 6.63. The van der Waals surface area contributed by atoms with Gasteiger partial charge in [-0.2, -0.15) is 0 Å². The number of hydrogen-bond acceptors (Lipinski definition) is 4. The molecule has 1 aromatic carbocycles. The Labute approximate surface area is 114 Å². The van der Waals surface area contributed by atoms with Gasteiger partial charge in [0, 0.05) is 19.5 Å². The Morgan fingerprint density at radius 3 is 2.89 bits per heavy atom. The van der Waals surface area contributed by atoms with Gasteiger partial charge < -0.3 is 14.8 Å². The number of hydrogen-bond donors (Lipinski definition) is 1. The minimum absolute atomic E-state index is 0.0347. The molecule has 1 aliphatic rings. The summed E-state index contributed by atoms with van der Waals surface area (Å²) in [6.07, 6.45) is 0.360. The normalized spacial score (nSPS) is 19.2. The van der Waals surface area contributed by atoms with Crippen LogP contribution in [0, 0.1) is 13.8 Å². The van der Waals surface area contributed by atoms with Crippen molar-refractivity contribution < 1.29 is 14.3 Å². The zero-order chi connectivity index (χ0) is 13.8. The third kappa shape index (κ3) is 3.14. The van der Waals surface area contributed by atoms with Gasteiger partial charge in [-0.05, 0) is 31.0 Å². The van der Waals surface area contributed by atoms with Gasteiger partial charge in [-0.1, -0.05) is 6.07 Å². The van der Waals surface area contributed by atoms with E-state index in [1.54, 1.807) is 7.11 Å². The third-order valence-electron chi connectivity index (χ3n) is 3.60. The predicted octanol–water partition coefficient (Wildman–Crippen LogP) is 1.87. The van der Waals surface area contributed by atoms with Gasteiger partial charge in [0.25, 0.3) is 0 Å². The molecule has 1 N–H and O–H groups in total. The van der Waals surface area contributed by atoms with Crippen LogP contribution in [0.5, 0.6) is 5.75 Å². The van der Waals surface area contributed by atoms with Gasteiger partial charge in [-0.25, -0.2) is 0 Å². The van der Waals surface area contributed by atoms with E-state index in [1.807, 2.05) is 26.0 Å². The van der Waals surface area contributed by atoms with Crippen LogP contribution in [0.3, 0.4) is 0 Å². The molecular formula is C15H21NO3. The second-order valence-corrected chi connectivity index (χ2v) is 4.91. The molecule has 1 aliphatic heterocycles. The second kappa shape index (κ2) is 6.17. The van der Waals surface area contributed by atoms with Crippen molar-refractivity contribution in [1.82, 2.24) is 5.32 Å². The van der Waals surface area contributed by atoms with Gasteiger partial charge in [-0.15, -0.1) is 0 Å².